The normalized spacial score (nSPS) is 14.7. The first-order chi connectivity index (χ1) is 20.7. The molecule has 11 nitrogen and oxygen atoms in total. The molecule has 1 saturated heterocycles. The fourth-order valence-electron chi connectivity index (χ4n) is 4.74. The maximum absolute atomic E-state index is 14.9. The predicted molar refractivity (Wildman–Crippen MR) is 152 cm³/mol. The lowest BCUT2D eigenvalue weighted by molar-refractivity contribution is -0.384. The van der Waals surface area contributed by atoms with Gasteiger partial charge in [-0.2, -0.15) is 5.10 Å². The predicted octanol–water partition coefficient (Wildman–Crippen LogP) is 4.77. The highest BCUT2D eigenvalue weighted by molar-refractivity contribution is 5.77. The van der Waals surface area contributed by atoms with E-state index < -0.39 is 35.5 Å². The monoisotopic (exact) mass is 593 g/mol. The third-order valence-electron chi connectivity index (χ3n) is 6.68. The van der Waals surface area contributed by atoms with Crippen molar-refractivity contribution in [2.45, 2.75) is 31.9 Å². The van der Waals surface area contributed by atoms with Crippen LogP contribution in [0.5, 0.6) is 5.75 Å². The number of nitrogens with one attached hydrogen (secondary N) is 1. The van der Waals surface area contributed by atoms with Crippen molar-refractivity contribution in [1.82, 2.24) is 19.7 Å². The second-order valence-electron chi connectivity index (χ2n) is 9.68. The minimum absolute atomic E-state index is 0.0829. The lowest BCUT2D eigenvalue weighted by Gasteiger charge is -2.32. The van der Waals surface area contributed by atoms with Gasteiger partial charge in [-0.25, -0.2) is 23.1 Å². The molecular formula is C29H26F3N7O4. The Kier molecular flexibility index (Phi) is 8.72. The van der Waals surface area contributed by atoms with Crippen LogP contribution in [0.2, 0.25) is 0 Å². The number of methoxy groups -OCH3 is 1. The van der Waals surface area contributed by atoms with E-state index in [0.717, 1.165) is 17.2 Å². The second-order valence-corrected chi connectivity index (χ2v) is 9.68. The zero-order chi connectivity index (χ0) is 30.5. The zero-order valence-electron chi connectivity index (χ0n) is 22.9. The number of nitrogens with zero attached hydrogens (tertiary/aromatic N) is 6. The summed E-state index contributed by atoms with van der Waals surface area (Å²) in [5, 5.41) is 29.0. The van der Waals surface area contributed by atoms with E-state index in [1.165, 1.54) is 50.0 Å². The number of anilines is 3. The molecular weight excluding hydrogens is 567 g/mol. The van der Waals surface area contributed by atoms with E-state index in [4.69, 9.17) is 4.74 Å². The van der Waals surface area contributed by atoms with Gasteiger partial charge in [-0.15, -0.1) is 0 Å². The van der Waals surface area contributed by atoms with E-state index in [2.05, 4.69) is 32.2 Å². The molecule has 1 fully saturated rings. The third kappa shape index (κ3) is 6.84. The standard InChI is InChI=1S/C29H26F3N7O4/c1-43-24-6-2-5-21(30)28(24)29-22(39(41)42)9-10-26(36-29)35-27-12-23(37-11-3-4-20(40)16-37)19(14-33-27)8-7-18-13-34-38(15-18)17-25(31)32/h2,5-6,9-10,12-15,20,25,40H,3-4,11,16-17H2,1H3,(H,33,35,36)/t20-/m0/s1. The highest BCUT2D eigenvalue weighted by atomic mass is 19.3. The maximum atomic E-state index is 14.9. The van der Waals surface area contributed by atoms with Crippen molar-refractivity contribution >= 4 is 23.0 Å². The molecule has 1 atom stereocenters. The number of aliphatic hydroxyl groups excluding tert-OH is 1. The Hall–Kier alpha value is -5.16. The van der Waals surface area contributed by atoms with Crippen LogP contribution in [0.15, 0.2) is 55.0 Å². The van der Waals surface area contributed by atoms with Crippen LogP contribution in [0.4, 0.5) is 36.2 Å². The maximum Gasteiger partial charge on any atom is 0.295 e. The van der Waals surface area contributed by atoms with Crippen molar-refractivity contribution < 1.29 is 27.9 Å². The smallest absolute Gasteiger partial charge is 0.295 e. The summed E-state index contributed by atoms with van der Waals surface area (Å²) in [5.41, 5.74) is 0.834. The average molecular weight is 594 g/mol. The summed E-state index contributed by atoms with van der Waals surface area (Å²) in [6, 6.07) is 8.36. The van der Waals surface area contributed by atoms with Crippen molar-refractivity contribution in [3.63, 3.8) is 0 Å². The van der Waals surface area contributed by atoms with Crippen LogP contribution in [-0.4, -0.2) is 62.5 Å². The van der Waals surface area contributed by atoms with Gasteiger partial charge in [0.15, 0.2) is 5.69 Å². The van der Waals surface area contributed by atoms with Gasteiger partial charge in [-0.3, -0.25) is 14.8 Å². The molecule has 2 N–H and O–H groups in total. The molecule has 3 aromatic heterocycles. The van der Waals surface area contributed by atoms with Crippen LogP contribution in [0, 0.1) is 27.8 Å². The summed E-state index contributed by atoms with van der Waals surface area (Å²) < 4.78 is 46.6. The largest absolute Gasteiger partial charge is 0.496 e. The number of hydrogen-bond acceptors (Lipinski definition) is 9. The lowest BCUT2D eigenvalue weighted by atomic mass is 10.1. The number of halogens is 3. The number of piperidine rings is 1. The van der Waals surface area contributed by atoms with E-state index >= 15 is 0 Å². The molecule has 5 rings (SSSR count). The SMILES string of the molecule is COc1cccc(F)c1-c1nc(Nc2cc(N3CCC[C@H](O)C3)c(C#Cc3cnn(CC(F)F)c3)cn2)ccc1[N+](=O)[O-]. The average Bonchev–Trinajstić information content (AvgIpc) is 3.42. The van der Waals surface area contributed by atoms with Gasteiger partial charge in [0.05, 0.1) is 46.7 Å². The highest BCUT2D eigenvalue weighted by Crippen LogP contribution is 2.38. The lowest BCUT2D eigenvalue weighted by Crippen LogP contribution is -2.38. The Morgan fingerprint density at radius 1 is 1.23 bits per heavy atom. The van der Waals surface area contributed by atoms with Crippen LogP contribution < -0.4 is 15.0 Å². The first-order valence-electron chi connectivity index (χ1n) is 13.2. The Morgan fingerprint density at radius 2 is 2.07 bits per heavy atom. The molecule has 1 aliphatic heterocycles. The number of alkyl halides is 2. The van der Waals surface area contributed by atoms with E-state index in [1.54, 1.807) is 6.07 Å². The van der Waals surface area contributed by atoms with Gasteiger partial charge in [0.25, 0.3) is 12.1 Å². The summed E-state index contributed by atoms with van der Waals surface area (Å²) in [6.45, 7) is 0.467. The van der Waals surface area contributed by atoms with Crippen LogP contribution in [0.25, 0.3) is 11.3 Å². The molecule has 0 spiro atoms. The van der Waals surface area contributed by atoms with Crippen LogP contribution in [0.1, 0.15) is 24.0 Å². The van der Waals surface area contributed by atoms with Crippen molar-refractivity contribution in [1.29, 1.82) is 0 Å². The molecule has 0 radical (unpaired) electrons. The summed E-state index contributed by atoms with van der Waals surface area (Å²) in [7, 11) is 1.33. The summed E-state index contributed by atoms with van der Waals surface area (Å²) in [4.78, 5) is 21.8. The first-order valence-corrected chi connectivity index (χ1v) is 13.2. The molecule has 4 heterocycles. The van der Waals surface area contributed by atoms with Gasteiger partial charge >= 0.3 is 0 Å². The Labute approximate surface area is 244 Å². The number of β-amino-alcohol motifs (C(OH)–C–C–N with tert-alkyl or cyclic N) is 1. The highest BCUT2D eigenvalue weighted by Gasteiger charge is 2.25. The van der Waals surface area contributed by atoms with E-state index in [-0.39, 0.29) is 22.8 Å². The van der Waals surface area contributed by atoms with Crippen LogP contribution in [-0.2, 0) is 6.54 Å². The molecule has 43 heavy (non-hydrogen) atoms. The zero-order valence-corrected chi connectivity index (χ0v) is 22.9. The molecule has 1 aromatic carbocycles. The summed E-state index contributed by atoms with van der Waals surface area (Å²) in [6.07, 6.45) is 2.66. The number of benzene rings is 1. The quantitative estimate of drug-likeness (QED) is 0.169. The number of rotatable bonds is 8. The molecule has 0 amide bonds. The molecule has 1 aliphatic rings. The Balaban J connectivity index is 1.50. The fourth-order valence-corrected chi connectivity index (χ4v) is 4.74. The van der Waals surface area contributed by atoms with Gasteiger partial charge in [-0.05, 0) is 31.0 Å². The van der Waals surface area contributed by atoms with Gasteiger partial charge in [-0.1, -0.05) is 17.9 Å². The van der Waals surface area contributed by atoms with Gasteiger partial charge in [0.2, 0.25) is 0 Å². The molecule has 0 saturated carbocycles. The third-order valence-corrected chi connectivity index (χ3v) is 6.68. The summed E-state index contributed by atoms with van der Waals surface area (Å²) >= 11 is 0. The Bertz CT molecular complexity index is 1700. The molecule has 222 valence electrons. The molecule has 0 aliphatic carbocycles. The molecule has 0 unspecified atom stereocenters. The van der Waals surface area contributed by atoms with Crippen molar-refractivity contribution in [3.8, 4) is 28.8 Å². The van der Waals surface area contributed by atoms with E-state index in [1.807, 2.05) is 4.90 Å². The summed E-state index contributed by atoms with van der Waals surface area (Å²) in [5.74, 6) is 5.76. The minimum Gasteiger partial charge on any atom is -0.496 e. The number of nitro groups is 1. The number of aliphatic hydroxyl groups is 1. The van der Waals surface area contributed by atoms with Crippen molar-refractivity contribution in [2.75, 3.05) is 30.4 Å². The van der Waals surface area contributed by atoms with Crippen molar-refractivity contribution in [3.05, 3.63) is 82.0 Å². The first kappa shape index (κ1) is 29.3. The number of aromatic nitrogens is 4. The van der Waals surface area contributed by atoms with E-state index in [0.29, 0.717) is 42.1 Å². The van der Waals surface area contributed by atoms with E-state index in [9.17, 15) is 28.4 Å². The molecule has 14 heteroatoms. The van der Waals surface area contributed by atoms with Gasteiger partial charge in [0.1, 0.15) is 29.7 Å². The number of hydrogen-bond donors (Lipinski definition) is 2. The van der Waals surface area contributed by atoms with Gasteiger partial charge in [0, 0.05) is 37.6 Å². The Morgan fingerprint density at radius 3 is 2.81 bits per heavy atom. The minimum atomic E-state index is -2.54. The topological polar surface area (TPSA) is 131 Å². The second kappa shape index (κ2) is 12.8. The molecule has 4 aromatic rings. The number of ether oxygens (including phenoxy) is 1. The van der Waals surface area contributed by atoms with Crippen LogP contribution in [0.3, 0.4) is 0 Å². The van der Waals surface area contributed by atoms with Gasteiger partial charge < -0.3 is 20.1 Å². The number of pyridine rings is 2. The van der Waals surface area contributed by atoms with Crippen LogP contribution >= 0.6 is 0 Å². The molecule has 0 bridgehead atoms. The fraction of sp³-hybridized carbons (Fsp3) is 0.276. The van der Waals surface area contributed by atoms with Crippen molar-refractivity contribution in [2.24, 2.45) is 0 Å².